The molecule has 276 valence electrons. The molecule has 8 aromatic carbocycles. The van der Waals surface area contributed by atoms with Crippen LogP contribution in [-0.2, 0) is 6.42 Å². The van der Waals surface area contributed by atoms with E-state index in [9.17, 15) is 0 Å². The number of nitrogens with zero attached hydrogens (tertiary/aromatic N) is 4. The van der Waals surface area contributed by atoms with Crippen molar-refractivity contribution in [1.29, 1.82) is 0 Å². The van der Waals surface area contributed by atoms with Gasteiger partial charge in [-0.05, 0) is 70.3 Å². The Kier molecular flexibility index (Phi) is 6.94. The molecule has 59 heavy (non-hydrogen) atoms. The third kappa shape index (κ3) is 4.81. The Morgan fingerprint density at radius 2 is 1.19 bits per heavy atom. The van der Waals surface area contributed by atoms with Crippen molar-refractivity contribution in [2.45, 2.75) is 12.8 Å². The highest BCUT2D eigenvalue weighted by molar-refractivity contribution is 7.20. The molecule has 0 aliphatic heterocycles. The molecule has 0 N–H and O–H groups in total. The average Bonchev–Trinajstić information content (AvgIpc) is 3.98. The van der Waals surface area contributed by atoms with Crippen LogP contribution >= 0.6 is 11.3 Å². The largest absolute Gasteiger partial charge is 0.455 e. The molecule has 4 aromatic heterocycles. The Labute approximate surface area is 342 Å². The zero-order chi connectivity index (χ0) is 38.6. The van der Waals surface area contributed by atoms with E-state index in [0.717, 1.165) is 79.0 Å². The smallest absolute Gasteiger partial charge is 0.170 e. The quantitative estimate of drug-likeness (QED) is 0.179. The lowest BCUT2D eigenvalue weighted by Gasteiger charge is -2.19. The maximum absolute atomic E-state index is 7.08. The fourth-order valence-corrected chi connectivity index (χ4v) is 10.8. The number of furan rings is 1. The van der Waals surface area contributed by atoms with Gasteiger partial charge >= 0.3 is 0 Å². The summed E-state index contributed by atoms with van der Waals surface area (Å²) in [4.78, 5) is 17.6. The van der Waals surface area contributed by atoms with Crippen LogP contribution in [0.15, 0.2) is 174 Å². The molecule has 0 atom stereocenters. The van der Waals surface area contributed by atoms with E-state index in [-0.39, 0.29) is 0 Å². The number of benzene rings is 8. The van der Waals surface area contributed by atoms with Crippen LogP contribution in [-0.4, -0.2) is 19.5 Å². The van der Waals surface area contributed by atoms with Crippen molar-refractivity contribution in [2.75, 3.05) is 0 Å². The van der Waals surface area contributed by atoms with Crippen LogP contribution in [0.5, 0.6) is 0 Å². The highest BCUT2D eigenvalue weighted by Gasteiger charge is 2.29. The molecular weight excluding hydrogens is 741 g/mol. The molecule has 0 radical (unpaired) electrons. The molecular formula is C53H32N4OS. The van der Waals surface area contributed by atoms with E-state index in [4.69, 9.17) is 19.4 Å². The summed E-state index contributed by atoms with van der Waals surface area (Å²) in [6.45, 7) is 0. The summed E-state index contributed by atoms with van der Waals surface area (Å²) in [7, 11) is 0. The van der Waals surface area contributed by atoms with Gasteiger partial charge in [-0.3, -0.25) is 0 Å². The SMILES string of the molecule is C1=C(c2nc(-c3ccccc3)nc(-c3c(-n4c5ccccc5c5cc6ccccc6cc54)c4ccccc4c4c3oc3ccccc34)n2)c2sc3ccccc3c2CC1. The van der Waals surface area contributed by atoms with Gasteiger partial charge in [0.25, 0.3) is 0 Å². The lowest BCUT2D eigenvalue weighted by molar-refractivity contribution is 0.669. The van der Waals surface area contributed by atoms with Gasteiger partial charge < -0.3 is 8.98 Å². The maximum atomic E-state index is 7.08. The number of hydrogen-bond donors (Lipinski definition) is 0. The minimum Gasteiger partial charge on any atom is -0.455 e. The van der Waals surface area contributed by atoms with Crippen LogP contribution in [0.25, 0.3) is 109 Å². The third-order valence-electron chi connectivity index (χ3n) is 12.1. The van der Waals surface area contributed by atoms with E-state index in [1.807, 2.05) is 35.6 Å². The molecule has 0 saturated carbocycles. The van der Waals surface area contributed by atoms with E-state index in [1.165, 1.54) is 42.1 Å². The summed E-state index contributed by atoms with van der Waals surface area (Å²) in [6, 6.07) is 58.1. The molecule has 12 aromatic rings. The topological polar surface area (TPSA) is 56.7 Å². The number of allylic oxidation sites excluding steroid dienone is 1. The number of aromatic nitrogens is 4. The fourth-order valence-electron chi connectivity index (χ4n) is 9.51. The van der Waals surface area contributed by atoms with Crippen molar-refractivity contribution in [3.05, 3.63) is 186 Å². The van der Waals surface area contributed by atoms with Gasteiger partial charge in [0, 0.05) is 47.6 Å². The van der Waals surface area contributed by atoms with E-state index < -0.39 is 0 Å². The van der Waals surface area contributed by atoms with Crippen LogP contribution < -0.4 is 0 Å². The second-order valence-corrected chi connectivity index (χ2v) is 16.4. The summed E-state index contributed by atoms with van der Waals surface area (Å²) in [5, 5.41) is 10.4. The maximum Gasteiger partial charge on any atom is 0.170 e. The lowest BCUT2D eigenvalue weighted by Crippen LogP contribution is -2.08. The molecule has 13 rings (SSSR count). The Morgan fingerprint density at radius 1 is 0.525 bits per heavy atom. The molecule has 0 fully saturated rings. The van der Waals surface area contributed by atoms with E-state index in [0.29, 0.717) is 17.5 Å². The van der Waals surface area contributed by atoms with Crippen LogP contribution in [0.2, 0.25) is 0 Å². The number of rotatable bonds is 4. The monoisotopic (exact) mass is 772 g/mol. The molecule has 0 saturated heterocycles. The van der Waals surface area contributed by atoms with Gasteiger partial charge in [0.15, 0.2) is 17.5 Å². The number of para-hydroxylation sites is 2. The Hall–Kier alpha value is -7.41. The zero-order valence-corrected chi connectivity index (χ0v) is 32.5. The van der Waals surface area contributed by atoms with Crippen molar-refractivity contribution in [1.82, 2.24) is 19.5 Å². The molecule has 0 amide bonds. The van der Waals surface area contributed by atoms with E-state index in [2.05, 4.69) is 150 Å². The van der Waals surface area contributed by atoms with E-state index in [1.54, 1.807) is 0 Å². The highest BCUT2D eigenvalue weighted by atomic mass is 32.1. The first-order valence-electron chi connectivity index (χ1n) is 20.1. The molecule has 5 nitrogen and oxygen atoms in total. The van der Waals surface area contributed by atoms with Crippen LogP contribution in [0.4, 0.5) is 0 Å². The fraction of sp³-hybridized carbons (Fsp3) is 0.0377. The summed E-state index contributed by atoms with van der Waals surface area (Å²) in [5.74, 6) is 1.86. The van der Waals surface area contributed by atoms with Crippen LogP contribution in [0.1, 0.15) is 22.7 Å². The first-order valence-corrected chi connectivity index (χ1v) is 20.9. The summed E-state index contributed by atoms with van der Waals surface area (Å²) < 4.78 is 10.8. The number of aryl methyl sites for hydroxylation is 1. The summed E-state index contributed by atoms with van der Waals surface area (Å²) in [6.07, 6.45) is 4.22. The summed E-state index contributed by atoms with van der Waals surface area (Å²) in [5.41, 5.74) is 8.94. The number of thiophene rings is 1. The highest BCUT2D eigenvalue weighted by Crippen LogP contribution is 2.48. The molecule has 4 heterocycles. The molecule has 0 spiro atoms. The number of fused-ring (bicyclic) bond motifs is 12. The molecule has 1 aliphatic rings. The summed E-state index contributed by atoms with van der Waals surface area (Å²) >= 11 is 1.83. The van der Waals surface area contributed by atoms with Gasteiger partial charge in [-0.2, -0.15) is 0 Å². The predicted octanol–water partition coefficient (Wildman–Crippen LogP) is 14.1. The first kappa shape index (κ1) is 32.7. The molecule has 1 aliphatic carbocycles. The van der Waals surface area contributed by atoms with Gasteiger partial charge in [-0.15, -0.1) is 11.3 Å². The zero-order valence-electron chi connectivity index (χ0n) is 31.7. The third-order valence-corrected chi connectivity index (χ3v) is 13.3. The molecule has 6 heteroatoms. The second-order valence-electron chi connectivity index (χ2n) is 15.4. The standard InChI is InChI=1S/C53H32N4OS/c1-2-15-31(16-3-1)51-54-52(40-25-14-24-38-35-20-10-13-28-45(35)59-50(38)40)56-53(55-51)47-48(37-22-7-6-21-36(37)46-39-23-9-12-27-44(39)58-49(46)47)57-42-26-11-8-19-34(42)41-29-32-17-4-5-18-33(32)30-43(41)57/h1-13,15-23,25-30H,14,24H2. The number of hydrogen-bond acceptors (Lipinski definition) is 5. The van der Waals surface area contributed by atoms with Crippen molar-refractivity contribution >= 4 is 92.3 Å². The van der Waals surface area contributed by atoms with Gasteiger partial charge in [-0.25, -0.2) is 15.0 Å². The Morgan fingerprint density at radius 3 is 2.05 bits per heavy atom. The first-order chi connectivity index (χ1) is 29.3. The Balaban J connectivity index is 1.21. The minimum absolute atomic E-state index is 0.569. The predicted molar refractivity (Wildman–Crippen MR) is 245 cm³/mol. The minimum atomic E-state index is 0.569. The van der Waals surface area contributed by atoms with Gasteiger partial charge in [0.05, 0.1) is 22.3 Å². The van der Waals surface area contributed by atoms with Gasteiger partial charge in [0.2, 0.25) is 0 Å². The second kappa shape index (κ2) is 12.5. The van der Waals surface area contributed by atoms with Gasteiger partial charge in [0.1, 0.15) is 11.2 Å². The van der Waals surface area contributed by atoms with Crippen molar-refractivity contribution in [2.24, 2.45) is 0 Å². The Bertz CT molecular complexity index is 3740. The van der Waals surface area contributed by atoms with Crippen molar-refractivity contribution < 1.29 is 4.42 Å². The van der Waals surface area contributed by atoms with Crippen LogP contribution in [0.3, 0.4) is 0 Å². The van der Waals surface area contributed by atoms with E-state index >= 15 is 0 Å². The van der Waals surface area contributed by atoms with Crippen LogP contribution in [0, 0.1) is 0 Å². The van der Waals surface area contributed by atoms with Crippen molar-refractivity contribution in [3.63, 3.8) is 0 Å². The van der Waals surface area contributed by atoms with Crippen molar-refractivity contribution in [3.8, 4) is 28.5 Å². The lowest BCUT2D eigenvalue weighted by atomic mass is 9.95. The molecule has 0 bridgehead atoms. The van der Waals surface area contributed by atoms with Gasteiger partial charge in [-0.1, -0.05) is 140 Å². The normalized spacial score (nSPS) is 13.1. The molecule has 0 unspecified atom stereocenters. The average molecular weight is 773 g/mol.